The van der Waals surface area contributed by atoms with E-state index < -0.39 is 6.29 Å². The molecule has 0 atom stereocenters. The van der Waals surface area contributed by atoms with Crippen molar-refractivity contribution in [3.05, 3.63) is 85.0 Å². The molecule has 4 aromatic rings. The van der Waals surface area contributed by atoms with Crippen LogP contribution in [-0.2, 0) is 15.0 Å². The Labute approximate surface area is 173 Å². The first-order valence-corrected chi connectivity index (χ1v) is 9.75. The molecule has 5 rings (SSSR count). The third-order valence-corrected chi connectivity index (χ3v) is 5.35. The van der Waals surface area contributed by atoms with Gasteiger partial charge in [-0.2, -0.15) is 0 Å². The van der Waals surface area contributed by atoms with Crippen LogP contribution >= 0.6 is 0 Å². The summed E-state index contributed by atoms with van der Waals surface area (Å²) in [4.78, 5) is 12.2. The van der Waals surface area contributed by atoms with Crippen molar-refractivity contribution in [1.29, 1.82) is 0 Å². The molecule has 1 N–H and O–H groups in total. The number of halogens is 1. The highest BCUT2D eigenvalue weighted by molar-refractivity contribution is 5.78. The van der Waals surface area contributed by atoms with E-state index in [1.54, 1.807) is 24.5 Å². The van der Waals surface area contributed by atoms with Crippen LogP contribution in [0.2, 0.25) is 0 Å². The minimum atomic E-state index is -0.608. The Kier molecular flexibility index (Phi) is 4.69. The summed E-state index contributed by atoms with van der Waals surface area (Å²) in [5.41, 5.74) is 2.97. The Morgan fingerprint density at radius 2 is 1.67 bits per heavy atom. The molecule has 0 bridgehead atoms. The maximum absolute atomic E-state index is 13.4. The van der Waals surface area contributed by atoms with Gasteiger partial charge in [0.25, 0.3) is 0 Å². The highest BCUT2D eigenvalue weighted by atomic mass is 19.1. The van der Waals surface area contributed by atoms with Gasteiger partial charge in [-0.25, -0.2) is 9.37 Å². The molecule has 7 heteroatoms. The van der Waals surface area contributed by atoms with Gasteiger partial charge in [0.05, 0.1) is 30.1 Å². The first-order valence-electron chi connectivity index (χ1n) is 9.75. The normalized spacial score (nSPS) is 21.6. The second-order valence-corrected chi connectivity index (χ2v) is 7.63. The van der Waals surface area contributed by atoms with Crippen molar-refractivity contribution >= 4 is 0 Å². The first-order chi connectivity index (χ1) is 14.6. The van der Waals surface area contributed by atoms with Crippen LogP contribution < -0.4 is 0 Å². The monoisotopic (exact) mass is 404 g/mol. The number of hydrogen-bond donors (Lipinski definition) is 1. The molecule has 1 aliphatic rings. The quantitative estimate of drug-likeness (QED) is 0.542. The zero-order valence-corrected chi connectivity index (χ0v) is 16.5. The van der Waals surface area contributed by atoms with E-state index in [2.05, 4.69) is 21.5 Å². The van der Waals surface area contributed by atoms with Crippen molar-refractivity contribution in [1.82, 2.24) is 19.5 Å². The Hall–Kier alpha value is -3.29. The molecule has 152 valence electrons. The van der Waals surface area contributed by atoms with Gasteiger partial charge in [0.2, 0.25) is 6.29 Å². The number of benzene rings is 1. The predicted molar refractivity (Wildman–Crippen MR) is 110 cm³/mol. The summed E-state index contributed by atoms with van der Waals surface area (Å²) in [6, 6.07) is 14.1. The van der Waals surface area contributed by atoms with E-state index in [1.807, 2.05) is 36.7 Å². The van der Waals surface area contributed by atoms with Gasteiger partial charge in [-0.05, 0) is 55.5 Å². The number of pyridine rings is 1. The molecule has 0 saturated carbocycles. The van der Waals surface area contributed by atoms with Gasteiger partial charge in [0.1, 0.15) is 5.82 Å². The lowest BCUT2D eigenvalue weighted by Crippen LogP contribution is -2.44. The summed E-state index contributed by atoms with van der Waals surface area (Å²) in [6.07, 6.45) is 6.84. The predicted octanol–water partition coefficient (Wildman–Crippen LogP) is 4.54. The Morgan fingerprint density at radius 3 is 2.33 bits per heavy atom. The number of ether oxygens (including phenoxy) is 2. The number of imidazole rings is 1. The van der Waals surface area contributed by atoms with Gasteiger partial charge in [-0.15, -0.1) is 0 Å². The summed E-state index contributed by atoms with van der Waals surface area (Å²) in [6.45, 7) is 3.07. The second kappa shape index (κ2) is 7.51. The van der Waals surface area contributed by atoms with Crippen molar-refractivity contribution in [2.45, 2.75) is 18.8 Å². The first kappa shape index (κ1) is 18.7. The van der Waals surface area contributed by atoms with E-state index in [0.29, 0.717) is 19.0 Å². The van der Waals surface area contributed by atoms with Crippen LogP contribution in [-0.4, -0.2) is 32.7 Å². The molecule has 1 aliphatic heterocycles. The van der Waals surface area contributed by atoms with Crippen molar-refractivity contribution in [3.63, 3.8) is 0 Å². The summed E-state index contributed by atoms with van der Waals surface area (Å²) in [5.74, 6) is 0.294. The molecule has 0 aliphatic carbocycles. The number of nitrogens with one attached hydrogen (secondary N) is 1. The molecule has 4 heterocycles. The lowest BCUT2D eigenvalue weighted by molar-refractivity contribution is -0.227. The lowest BCUT2D eigenvalue weighted by Gasteiger charge is -2.37. The third kappa shape index (κ3) is 3.42. The van der Waals surface area contributed by atoms with Crippen LogP contribution in [0.25, 0.3) is 22.5 Å². The lowest BCUT2D eigenvalue weighted by atomic mass is 10.0. The maximum atomic E-state index is 13.4. The van der Waals surface area contributed by atoms with E-state index in [0.717, 1.165) is 22.5 Å². The minimum Gasteiger partial charge on any atom is -0.344 e. The molecule has 3 aromatic heterocycles. The molecule has 0 unspecified atom stereocenters. The summed E-state index contributed by atoms with van der Waals surface area (Å²) in [5, 5.41) is 0. The molecular formula is C23H21FN4O2. The van der Waals surface area contributed by atoms with Gasteiger partial charge in [-0.1, -0.05) is 0 Å². The van der Waals surface area contributed by atoms with Gasteiger partial charge in [0.15, 0.2) is 5.82 Å². The van der Waals surface area contributed by atoms with Crippen molar-refractivity contribution < 1.29 is 13.9 Å². The zero-order chi connectivity index (χ0) is 20.6. The minimum absolute atomic E-state index is 0.277. The van der Waals surface area contributed by atoms with Crippen molar-refractivity contribution in [3.8, 4) is 22.5 Å². The van der Waals surface area contributed by atoms with Gasteiger partial charge in [0, 0.05) is 35.9 Å². The number of hydrogen-bond acceptors (Lipinski definition) is 4. The van der Waals surface area contributed by atoms with Crippen molar-refractivity contribution in [2.24, 2.45) is 0 Å². The average Bonchev–Trinajstić information content (AvgIpc) is 3.47. The zero-order valence-electron chi connectivity index (χ0n) is 16.5. The molecule has 0 spiro atoms. The number of aromatic nitrogens is 4. The average molecular weight is 404 g/mol. The van der Waals surface area contributed by atoms with Crippen LogP contribution in [0, 0.1) is 5.82 Å². The fourth-order valence-electron chi connectivity index (χ4n) is 3.65. The van der Waals surface area contributed by atoms with E-state index in [9.17, 15) is 4.39 Å². The van der Waals surface area contributed by atoms with Gasteiger partial charge in [-0.3, -0.25) is 4.98 Å². The summed E-state index contributed by atoms with van der Waals surface area (Å²) < 4.78 is 27.6. The molecule has 0 radical (unpaired) electrons. The second-order valence-electron chi connectivity index (χ2n) is 7.63. The van der Waals surface area contributed by atoms with Crippen LogP contribution in [0.3, 0.4) is 0 Å². The highest BCUT2D eigenvalue weighted by Gasteiger charge is 2.36. The number of nitrogens with zero attached hydrogens (tertiary/aromatic N) is 3. The summed E-state index contributed by atoms with van der Waals surface area (Å²) in [7, 11) is 0. The van der Waals surface area contributed by atoms with E-state index in [-0.39, 0.29) is 11.4 Å². The SMILES string of the molecule is CC1(n2cccc2)COC(c2nc(-c3ccncc3)c(-c3ccc(F)cc3)[nH]2)OC1. The Balaban J connectivity index is 1.47. The number of aromatic amines is 1. The fourth-order valence-corrected chi connectivity index (χ4v) is 3.65. The number of rotatable bonds is 4. The van der Waals surface area contributed by atoms with Crippen LogP contribution in [0.1, 0.15) is 19.0 Å². The Morgan fingerprint density at radius 1 is 1.00 bits per heavy atom. The van der Waals surface area contributed by atoms with Crippen LogP contribution in [0.15, 0.2) is 73.3 Å². The molecule has 30 heavy (non-hydrogen) atoms. The molecule has 1 aromatic carbocycles. The van der Waals surface area contributed by atoms with Crippen molar-refractivity contribution in [2.75, 3.05) is 13.2 Å². The maximum Gasteiger partial charge on any atom is 0.217 e. The fraction of sp³-hybridized carbons (Fsp3) is 0.217. The van der Waals surface area contributed by atoms with Crippen LogP contribution in [0.5, 0.6) is 0 Å². The smallest absolute Gasteiger partial charge is 0.217 e. The molecular weight excluding hydrogens is 383 g/mol. The summed E-state index contributed by atoms with van der Waals surface area (Å²) >= 11 is 0. The number of H-pyrrole nitrogens is 1. The van der Waals surface area contributed by atoms with Gasteiger partial charge >= 0.3 is 0 Å². The third-order valence-electron chi connectivity index (χ3n) is 5.35. The molecule has 1 fully saturated rings. The molecule has 1 saturated heterocycles. The standard InChI is InChI=1S/C23H21FN4O2/c1-23(28-12-2-3-13-28)14-29-22(30-15-23)21-26-19(16-4-6-18(24)7-5-16)20(27-21)17-8-10-25-11-9-17/h2-13,22H,14-15H2,1H3,(H,26,27). The topological polar surface area (TPSA) is 65.0 Å². The molecule has 6 nitrogen and oxygen atoms in total. The van der Waals surface area contributed by atoms with Gasteiger partial charge < -0.3 is 19.0 Å². The largest absolute Gasteiger partial charge is 0.344 e. The van der Waals surface area contributed by atoms with E-state index in [1.165, 1.54) is 12.1 Å². The molecule has 0 amide bonds. The van der Waals surface area contributed by atoms with E-state index in [4.69, 9.17) is 14.5 Å². The Bertz CT molecular complexity index is 1120. The van der Waals surface area contributed by atoms with Crippen LogP contribution in [0.4, 0.5) is 4.39 Å². The van der Waals surface area contributed by atoms with E-state index >= 15 is 0 Å². The highest BCUT2D eigenvalue weighted by Crippen LogP contribution is 2.35.